The molecule has 3 aromatic rings. The number of nitrogens with one attached hydrogen (secondary N) is 1. The maximum atomic E-state index is 12.5. The van der Waals surface area contributed by atoms with E-state index in [2.05, 4.69) is 4.72 Å². The second-order valence-electron chi connectivity index (χ2n) is 5.51. The number of aryl methyl sites for hydroxylation is 2. The van der Waals surface area contributed by atoms with E-state index < -0.39 is 10.0 Å². The van der Waals surface area contributed by atoms with Crippen molar-refractivity contribution < 1.29 is 8.42 Å². The fourth-order valence-electron chi connectivity index (χ4n) is 2.31. The molecule has 2 aromatic carbocycles. The normalized spacial score (nSPS) is 11.4. The van der Waals surface area contributed by atoms with Crippen molar-refractivity contribution in [1.29, 1.82) is 0 Å². The Balaban J connectivity index is 1.96. The molecule has 5 heteroatoms. The Morgan fingerprint density at radius 1 is 0.913 bits per heavy atom. The predicted octanol–water partition coefficient (Wildman–Crippen LogP) is 3.89. The number of benzene rings is 2. The van der Waals surface area contributed by atoms with Crippen molar-refractivity contribution in [3.63, 3.8) is 0 Å². The van der Waals surface area contributed by atoms with Crippen LogP contribution in [0, 0.1) is 13.8 Å². The summed E-state index contributed by atoms with van der Waals surface area (Å²) < 4.78 is 29.7. The Bertz CT molecular complexity index is 912. The van der Waals surface area contributed by atoms with Gasteiger partial charge >= 0.3 is 0 Å². The molecule has 1 heterocycles. The van der Waals surface area contributed by atoms with E-state index in [-0.39, 0.29) is 4.90 Å². The molecule has 0 bridgehead atoms. The minimum Gasteiger partial charge on any atom is -0.324 e. The molecule has 0 amide bonds. The van der Waals surface area contributed by atoms with Crippen molar-refractivity contribution >= 4 is 15.7 Å². The Morgan fingerprint density at radius 2 is 1.57 bits per heavy atom. The van der Waals surface area contributed by atoms with Crippen LogP contribution < -0.4 is 4.72 Å². The van der Waals surface area contributed by atoms with E-state index in [4.69, 9.17) is 0 Å². The molecule has 0 aliphatic rings. The number of nitrogens with zero attached hydrogens (tertiary/aromatic N) is 1. The first-order chi connectivity index (χ1) is 11.0. The summed E-state index contributed by atoms with van der Waals surface area (Å²) in [6.45, 7) is 3.81. The van der Waals surface area contributed by atoms with Gasteiger partial charge in [0.15, 0.2) is 0 Å². The molecule has 0 aliphatic heterocycles. The van der Waals surface area contributed by atoms with E-state index in [9.17, 15) is 8.42 Å². The lowest BCUT2D eigenvalue weighted by molar-refractivity contribution is 0.601. The molecule has 0 saturated heterocycles. The molecule has 0 unspecified atom stereocenters. The number of sulfonamides is 1. The molecule has 4 nitrogen and oxygen atoms in total. The molecule has 0 spiro atoms. The highest BCUT2D eigenvalue weighted by Crippen LogP contribution is 2.23. The standard InChI is InChI=1S/C18H18N2O2S/c1-14-5-9-17(10-6-14)23(21,22)19-18-13-16(8-7-15(18)2)20-11-3-4-12-20/h3-13,19H,1-2H3. The number of anilines is 1. The van der Waals surface area contributed by atoms with Crippen molar-refractivity contribution in [3.8, 4) is 5.69 Å². The molecule has 0 fully saturated rings. The van der Waals surface area contributed by atoms with Gasteiger partial charge in [0.1, 0.15) is 0 Å². The highest BCUT2D eigenvalue weighted by molar-refractivity contribution is 7.92. The molecule has 0 saturated carbocycles. The lowest BCUT2D eigenvalue weighted by Gasteiger charge is -2.13. The Labute approximate surface area is 136 Å². The van der Waals surface area contributed by atoms with Gasteiger partial charge in [0, 0.05) is 18.1 Å². The van der Waals surface area contributed by atoms with Gasteiger partial charge in [0.05, 0.1) is 10.6 Å². The zero-order valence-electron chi connectivity index (χ0n) is 13.0. The Morgan fingerprint density at radius 3 is 2.22 bits per heavy atom. The zero-order valence-corrected chi connectivity index (χ0v) is 13.8. The minimum atomic E-state index is -3.60. The van der Waals surface area contributed by atoms with E-state index in [0.717, 1.165) is 16.8 Å². The third-order valence-electron chi connectivity index (χ3n) is 3.70. The van der Waals surface area contributed by atoms with Gasteiger partial charge in [-0.05, 0) is 55.8 Å². The lowest BCUT2D eigenvalue weighted by atomic mass is 10.2. The topological polar surface area (TPSA) is 51.1 Å². The molecule has 118 valence electrons. The largest absolute Gasteiger partial charge is 0.324 e. The summed E-state index contributed by atoms with van der Waals surface area (Å²) in [6, 6.07) is 16.4. The van der Waals surface area contributed by atoms with Crippen molar-refractivity contribution in [2.45, 2.75) is 18.7 Å². The van der Waals surface area contributed by atoms with E-state index in [1.165, 1.54) is 0 Å². The summed E-state index contributed by atoms with van der Waals surface area (Å²) in [7, 11) is -3.60. The van der Waals surface area contributed by atoms with E-state index in [1.54, 1.807) is 24.3 Å². The molecular weight excluding hydrogens is 308 g/mol. The third-order valence-corrected chi connectivity index (χ3v) is 5.08. The minimum absolute atomic E-state index is 0.258. The summed E-state index contributed by atoms with van der Waals surface area (Å²) >= 11 is 0. The zero-order chi connectivity index (χ0) is 16.4. The molecule has 0 aliphatic carbocycles. The highest BCUT2D eigenvalue weighted by Gasteiger charge is 2.15. The summed E-state index contributed by atoms with van der Waals surface area (Å²) in [5.74, 6) is 0. The first-order valence-electron chi connectivity index (χ1n) is 7.29. The number of aromatic nitrogens is 1. The van der Waals surface area contributed by atoms with Crippen LogP contribution >= 0.6 is 0 Å². The molecule has 0 atom stereocenters. The smallest absolute Gasteiger partial charge is 0.261 e. The number of rotatable bonds is 4. The van der Waals surface area contributed by atoms with Gasteiger partial charge in [-0.15, -0.1) is 0 Å². The van der Waals surface area contributed by atoms with Gasteiger partial charge in [-0.25, -0.2) is 8.42 Å². The molecule has 1 N–H and O–H groups in total. The van der Waals surface area contributed by atoms with Crippen LogP contribution in [0.15, 0.2) is 71.9 Å². The highest BCUT2D eigenvalue weighted by atomic mass is 32.2. The van der Waals surface area contributed by atoms with Gasteiger partial charge in [-0.1, -0.05) is 23.8 Å². The maximum Gasteiger partial charge on any atom is 0.261 e. The monoisotopic (exact) mass is 326 g/mol. The van der Waals surface area contributed by atoms with Crippen LogP contribution in [-0.4, -0.2) is 13.0 Å². The van der Waals surface area contributed by atoms with Crippen LogP contribution in [-0.2, 0) is 10.0 Å². The fraction of sp³-hybridized carbons (Fsp3) is 0.111. The molecule has 3 rings (SSSR count). The first-order valence-corrected chi connectivity index (χ1v) is 8.77. The average Bonchev–Trinajstić information content (AvgIpc) is 3.04. The molecular formula is C18H18N2O2S. The lowest BCUT2D eigenvalue weighted by Crippen LogP contribution is -2.14. The van der Waals surface area contributed by atoms with Crippen LogP contribution in [0.2, 0.25) is 0 Å². The SMILES string of the molecule is Cc1ccc(S(=O)(=O)Nc2cc(-n3cccc3)ccc2C)cc1. The quantitative estimate of drug-likeness (QED) is 0.790. The molecule has 23 heavy (non-hydrogen) atoms. The van der Waals surface area contributed by atoms with E-state index >= 15 is 0 Å². The second kappa shape index (κ2) is 5.93. The molecule has 1 aromatic heterocycles. The average molecular weight is 326 g/mol. The Kier molecular flexibility index (Phi) is 3.96. The van der Waals surface area contributed by atoms with Gasteiger partial charge < -0.3 is 4.57 Å². The van der Waals surface area contributed by atoms with Crippen LogP contribution in [0.25, 0.3) is 5.69 Å². The van der Waals surface area contributed by atoms with Crippen molar-refractivity contribution in [1.82, 2.24) is 4.57 Å². The van der Waals surface area contributed by atoms with Crippen molar-refractivity contribution in [3.05, 3.63) is 78.1 Å². The number of hydrogen-bond acceptors (Lipinski definition) is 2. The van der Waals surface area contributed by atoms with Gasteiger partial charge in [-0.3, -0.25) is 4.72 Å². The van der Waals surface area contributed by atoms with E-state index in [0.29, 0.717) is 5.69 Å². The second-order valence-corrected chi connectivity index (χ2v) is 7.19. The van der Waals surface area contributed by atoms with Crippen LogP contribution in [0.3, 0.4) is 0 Å². The maximum absolute atomic E-state index is 12.5. The number of hydrogen-bond donors (Lipinski definition) is 1. The van der Waals surface area contributed by atoms with Crippen molar-refractivity contribution in [2.24, 2.45) is 0 Å². The first kappa shape index (κ1) is 15.4. The van der Waals surface area contributed by atoms with Crippen LogP contribution in [0.4, 0.5) is 5.69 Å². The predicted molar refractivity (Wildman–Crippen MR) is 92.5 cm³/mol. The van der Waals surface area contributed by atoms with Crippen molar-refractivity contribution in [2.75, 3.05) is 4.72 Å². The fourth-order valence-corrected chi connectivity index (χ4v) is 3.43. The van der Waals surface area contributed by atoms with Gasteiger partial charge in [-0.2, -0.15) is 0 Å². The summed E-state index contributed by atoms with van der Waals surface area (Å²) in [4.78, 5) is 0.258. The Hall–Kier alpha value is -2.53. The molecule has 0 radical (unpaired) electrons. The summed E-state index contributed by atoms with van der Waals surface area (Å²) in [5, 5.41) is 0. The summed E-state index contributed by atoms with van der Waals surface area (Å²) in [5.41, 5.74) is 3.38. The van der Waals surface area contributed by atoms with Crippen LogP contribution in [0.5, 0.6) is 0 Å². The van der Waals surface area contributed by atoms with Gasteiger partial charge in [0.2, 0.25) is 0 Å². The summed E-state index contributed by atoms with van der Waals surface area (Å²) in [6.07, 6.45) is 3.84. The van der Waals surface area contributed by atoms with Crippen LogP contribution in [0.1, 0.15) is 11.1 Å². The third kappa shape index (κ3) is 3.29. The van der Waals surface area contributed by atoms with E-state index in [1.807, 2.05) is 61.1 Å². The van der Waals surface area contributed by atoms with Gasteiger partial charge in [0.25, 0.3) is 10.0 Å².